The molecule has 0 fully saturated rings. The Bertz CT molecular complexity index is 1270. The van der Waals surface area contributed by atoms with Gasteiger partial charge in [0.2, 0.25) is 0 Å². The van der Waals surface area contributed by atoms with Gasteiger partial charge in [-0.2, -0.15) is 0 Å². The third-order valence-electron chi connectivity index (χ3n) is 5.51. The van der Waals surface area contributed by atoms with Crippen molar-refractivity contribution in [1.82, 2.24) is 5.32 Å². The van der Waals surface area contributed by atoms with Gasteiger partial charge in [-0.25, -0.2) is 0 Å². The molecule has 1 amide bonds. The molecule has 11 heteroatoms. The quantitative estimate of drug-likeness (QED) is 0.347. The van der Waals surface area contributed by atoms with Crippen molar-refractivity contribution in [1.29, 1.82) is 0 Å². The van der Waals surface area contributed by atoms with Crippen molar-refractivity contribution >= 4 is 11.6 Å². The van der Waals surface area contributed by atoms with Crippen molar-refractivity contribution in [2.24, 2.45) is 0 Å². The molecule has 3 aromatic carbocycles. The van der Waals surface area contributed by atoms with Gasteiger partial charge in [0.1, 0.15) is 11.5 Å². The van der Waals surface area contributed by atoms with E-state index in [2.05, 4.69) is 14.8 Å². The van der Waals surface area contributed by atoms with Crippen LogP contribution in [0.25, 0.3) is 0 Å². The van der Waals surface area contributed by atoms with Crippen LogP contribution in [0.5, 0.6) is 11.5 Å². The Hall–Kier alpha value is -4.15. The molecule has 0 spiro atoms. The maximum Gasteiger partial charge on any atom is 0.573 e. The first kappa shape index (κ1) is 25.9. The van der Waals surface area contributed by atoms with Gasteiger partial charge in [-0.3, -0.25) is 9.69 Å². The van der Waals surface area contributed by atoms with Gasteiger partial charge >= 0.3 is 12.7 Å². The number of nitrogens with zero attached hydrogens (tertiary/aromatic N) is 1. The lowest BCUT2D eigenvalue weighted by atomic mass is 10.1. The second-order valence-electron chi connectivity index (χ2n) is 8.14. The van der Waals surface area contributed by atoms with E-state index in [1.165, 1.54) is 29.2 Å². The van der Waals surface area contributed by atoms with Crippen molar-refractivity contribution in [3.8, 4) is 11.5 Å². The summed E-state index contributed by atoms with van der Waals surface area (Å²) < 4.78 is 83.9. The highest BCUT2D eigenvalue weighted by molar-refractivity contribution is 6.09. The van der Waals surface area contributed by atoms with E-state index in [4.69, 9.17) is 0 Å². The number of alkyl halides is 6. The monoisotopic (exact) mass is 522 g/mol. The lowest BCUT2D eigenvalue weighted by molar-refractivity contribution is -0.275. The largest absolute Gasteiger partial charge is 0.573 e. The van der Waals surface area contributed by atoms with Crippen LogP contribution in [0.2, 0.25) is 0 Å². The summed E-state index contributed by atoms with van der Waals surface area (Å²) in [5.74, 6) is -1.47. The molecule has 194 valence electrons. The van der Waals surface area contributed by atoms with E-state index in [0.717, 1.165) is 29.8 Å². The third kappa shape index (κ3) is 6.54. The summed E-state index contributed by atoms with van der Waals surface area (Å²) in [5.41, 5.74) is 1.58. The summed E-state index contributed by atoms with van der Waals surface area (Å²) in [6.45, 7) is 1.84. The normalized spacial score (nSPS) is 16.8. The highest BCUT2D eigenvalue weighted by Gasteiger charge is 2.37. The number of carbonyl (C=O) groups is 1. The zero-order chi connectivity index (χ0) is 26.8. The molecule has 2 atom stereocenters. The smallest absolute Gasteiger partial charge is 0.406 e. The molecule has 0 aliphatic carbocycles. The number of halogens is 6. The molecule has 1 N–H and O–H groups in total. The number of hydrogen-bond acceptors (Lipinski definition) is 4. The number of anilines is 1. The maximum atomic E-state index is 13.5. The van der Waals surface area contributed by atoms with E-state index in [9.17, 15) is 31.1 Å². The molecule has 0 aromatic heterocycles. The van der Waals surface area contributed by atoms with Crippen LogP contribution >= 0.6 is 0 Å². The van der Waals surface area contributed by atoms with Gasteiger partial charge in [0.25, 0.3) is 5.91 Å². The first-order valence-corrected chi connectivity index (χ1v) is 11.0. The maximum absolute atomic E-state index is 13.5. The fraction of sp³-hybridized carbons (Fsp3) is 0.192. The van der Waals surface area contributed by atoms with E-state index in [1.54, 1.807) is 6.08 Å². The van der Waals surface area contributed by atoms with Crippen LogP contribution in [0.3, 0.4) is 0 Å². The summed E-state index contributed by atoms with van der Waals surface area (Å²) in [4.78, 5) is 14.7. The van der Waals surface area contributed by atoms with Gasteiger partial charge in [-0.05, 0) is 60.5 Å². The van der Waals surface area contributed by atoms with Crippen LogP contribution in [-0.4, -0.2) is 18.6 Å². The summed E-state index contributed by atoms with van der Waals surface area (Å²) in [6, 6.07) is 17.9. The van der Waals surface area contributed by atoms with Crippen LogP contribution in [0.15, 0.2) is 90.6 Å². The second-order valence-corrected chi connectivity index (χ2v) is 8.14. The highest BCUT2D eigenvalue weighted by atomic mass is 19.4. The van der Waals surface area contributed by atoms with Crippen molar-refractivity contribution in [2.75, 3.05) is 4.90 Å². The summed E-state index contributed by atoms with van der Waals surface area (Å²) in [7, 11) is 0. The molecule has 1 aliphatic rings. The Balaban J connectivity index is 1.68. The van der Waals surface area contributed by atoms with E-state index < -0.39 is 36.2 Å². The van der Waals surface area contributed by atoms with E-state index in [0.29, 0.717) is 5.56 Å². The number of hydrogen-bond donors (Lipinski definition) is 1. The Labute approximate surface area is 207 Å². The zero-order valence-electron chi connectivity index (χ0n) is 19.2. The Kier molecular flexibility index (Phi) is 7.06. The summed E-state index contributed by atoms with van der Waals surface area (Å²) in [5, 5.41) is 3.12. The number of nitrogens with one attached hydrogen (secondary N) is 1. The van der Waals surface area contributed by atoms with Crippen LogP contribution < -0.4 is 19.7 Å². The van der Waals surface area contributed by atoms with Gasteiger partial charge in [0.15, 0.2) is 0 Å². The molecule has 0 radical (unpaired) electrons. The molecule has 1 heterocycles. The summed E-state index contributed by atoms with van der Waals surface area (Å²) in [6.07, 6.45) is -8.25. The Morgan fingerprint density at radius 3 is 2.05 bits per heavy atom. The van der Waals surface area contributed by atoms with Crippen LogP contribution in [-0.2, 0) is 4.79 Å². The van der Waals surface area contributed by atoms with E-state index in [1.807, 2.05) is 37.3 Å². The standard InChI is InChI=1S/C26H20F6N2O3/c1-16(17-6-3-2-4-7-17)33-22-15-23(18-8-5-9-21(14-18)37-26(30,31)32)34(24(22)35)19-10-12-20(13-11-19)36-25(27,28)29/h2-16,23,33H,1H3/t16-,23-/m1/s1. The predicted molar refractivity (Wildman–Crippen MR) is 123 cm³/mol. The predicted octanol–water partition coefficient (Wildman–Crippen LogP) is 6.81. The van der Waals surface area contributed by atoms with Crippen molar-refractivity contribution in [3.63, 3.8) is 0 Å². The minimum Gasteiger partial charge on any atom is -0.406 e. The van der Waals surface area contributed by atoms with E-state index >= 15 is 0 Å². The number of amides is 1. The lowest BCUT2D eigenvalue weighted by Crippen LogP contribution is -2.33. The average molecular weight is 522 g/mol. The van der Waals surface area contributed by atoms with Crippen LogP contribution in [0.4, 0.5) is 32.0 Å². The van der Waals surface area contributed by atoms with Gasteiger partial charge < -0.3 is 14.8 Å². The summed E-state index contributed by atoms with van der Waals surface area (Å²) >= 11 is 0. The van der Waals surface area contributed by atoms with Crippen LogP contribution in [0, 0.1) is 0 Å². The molecule has 0 saturated heterocycles. The molecule has 4 rings (SSSR count). The molecule has 3 aromatic rings. The molecule has 1 aliphatic heterocycles. The molecule has 37 heavy (non-hydrogen) atoms. The van der Waals surface area contributed by atoms with Crippen molar-refractivity contribution in [2.45, 2.75) is 31.7 Å². The van der Waals surface area contributed by atoms with Crippen LogP contribution in [0.1, 0.15) is 30.1 Å². The molecule has 5 nitrogen and oxygen atoms in total. The number of carbonyl (C=O) groups excluding carboxylic acids is 1. The van der Waals surface area contributed by atoms with Gasteiger partial charge in [0, 0.05) is 11.7 Å². The number of rotatable bonds is 7. The molecule has 0 bridgehead atoms. The lowest BCUT2D eigenvalue weighted by Gasteiger charge is -2.26. The molecular weight excluding hydrogens is 502 g/mol. The molecule has 0 unspecified atom stereocenters. The van der Waals surface area contributed by atoms with Crippen molar-refractivity contribution in [3.05, 3.63) is 102 Å². The zero-order valence-corrected chi connectivity index (χ0v) is 19.2. The van der Waals surface area contributed by atoms with Gasteiger partial charge in [-0.1, -0.05) is 42.5 Å². The first-order valence-electron chi connectivity index (χ1n) is 11.0. The van der Waals surface area contributed by atoms with Gasteiger partial charge in [-0.15, -0.1) is 26.3 Å². The van der Waals surface area contributed by atoms with Gasteiger partial charge in [0.05, 0.1) is 11.7 Å². The number of ether oxygens (including phenoxy) is 2. The Morgan fingerprint density at radius 1 is 0.811 bits per heavy atom. The first-order chi connectivity index (χ1) is 17.4. The number of benzene rings is 3. The SMILES string of the molecule is C[C@@H](NC1=C[C@H](c2cccc(OC(F)(F)F)c2)N(c2ccc(OC(F)(F)F)cc2)C1=O)c1ccccc1. The Morgan fingerprint density at radius 2 is 1.43 bits per heavy atom. The van der Waals surface area contributed by atoms with Crippen molar-refractivity contribution < 1.29 is 40.6 Å². The molecule has 0 saturated carbocycles. The average Bonchev–Trinajstić information content (AvgIpc) is 3.14. The molecular formula is C26H20F6N2O3. The minimum atomic E-state index is -4.91. The highest BCUT2D eigenvalue weighted by Crippen LogP contribution is 2.38. The third-order valence-corrected chi connectivity index (χ3v) is 5.51. The fourth-order valence-electron chi connectivity index (χ4n) is 3.96. The topological polar surface area (TPSA) is 50.8 Å². The fourth-order valence-corrected chi connectivity index (χ4v) is 3.96. The minimum absolute atomic E-state index is 0.180. The van der Waals surface area contributed by atoms with E-state index in [-0.39, 0.29) is 17.4 Å². The second kappa shape index (κ2) is 10.1.